The van der Waals surface area contributed by atoms with Gasteiger partial charge in [0.15, 0.2) is 5.60 Å². The van der Waals surface area contributed by atoms with Gasteiger partial charge in [0.1, 0.15) is 5.82 Å². The van der Waals surface area contributed by atoms with E-state index in [1.54, 1.807) is 25.1 Å². The van der Waals surface area contributed by atoms with Gasteiger partial charge in [-0.3, -0.25) is 4.79 Å². The van der Waals surface area contributed by atoms with Crippen molar-refractivity contribution in [2.24, 2.45) is 0 Å². The number of nitrogens with zero attached hydrogens (tertiary/aromatic N) is 1. The van der Waals surface area contributed by atoms with Gasteiger partial charge in [-0.15, -0.1) is 0 Å². The van der Waals surface area contributed by atoms with Gasteiger partial charge < -0.3 is 15.1 Å². The Kier molecular flexibility index (Phi) is 4.81. The van der Waals surface area contributed by atoms with Gasteiger partial charge in [-0.2, -0.15) is 0 Å². The van der Waals surface area contributed by atoms with Crippen LogP contribution in [0.5, 0.6) is 0 Å². The van der Waals surface area contributed by atoms with Crippen molar-refractivity contribution in [2.75, 3.05) is 13.1 Å². The van der Waals surface area contributed by atoms with Gasteiger partial charge in [0.25, 0.3) is 0 Å². The molecule has 1 unspecified atom stereocenters. The summed E-state index contributed by atoms with van der Waals surface area (Å²) in [4.78, 5) is 24.7. The molecule has 0 aliphatic carbocycles. The highest BCUT2D eigenvalue weighted by atomic mass is 19.1. The molecule has 5 nitrogen and oxygen atoms in total. The lowest BCUT2D eigenvalue weighted by Gasteiger charge is -2.35. The van der Waals surface area contributed by atoms with Crippen molar-refractivity contribution in [1.29, 1.82) is 0 Å². The lowest BCUT2D eigenvalue weighted by Crippen LogP contribution is -2.51. The van der Waals surface area contributed by atoms with E-state index in [1.807, 2.05) is 0 Å². The molecule has 1 aliphatic heterocycles. The van der Waals surface area contributed by atoms with Crippen molar-refractivity contribution in [3.8, 4) is 0 Å². The molecule has 0 bridgehead atoms. The number of hydrogen-bond donors (Lipinski definition) is 2. The molecule has 1 fully saturated rings. The molecule has 22 heavy (non-hydrogen) atoms. The highest BCUT2D eigenvalue weighted by Crippen LogP contribution is 2.26. The van der Waals surface area contributed by atoms with E-state index in [9.17, 15) is 19.1 Å². The number of carboxylic acids is 1. The van der Waals surface area contributed by atoms with Gasteiger partial charge in [0.2, 0.25) is 5.91 Å². The van der Waals surface area contributed by atoms with Crippen LogP contribution in [0.25, 0.3) is 0 Å². The lowest BCUT2D eigenvalue weighted by atomic mass is 9.90. The normalized spacial score (nSPS) is 18.8. The fourth-order valence-corrected chi connectivity index (χ4v) is 2.72. The minimum Gasteiger partial charge on any atom is -0.479 e. The van der Waals surface area contributed by atoms with Gasteiger partial charge in [0.05, 0.1) is 0 Å². The van der Waals surface area contributed by atoms with E-state index in [0.717, 1.165) is 0 Å². The van der Waals surface area contributed by atoms with Crippen LogP contribution >= 0.6 is 0 Å². The van der Waals surface area contributed by atoms with E-state index in [-0.39, 0.29) is 50.0 Å². The highest BCUT2D eigenvalue weighted by molar-refractivity contribution is 5.80. The molecule has 1 amide bonds. The van der Waals surface area contributed by atoms with E-state index >= 15 is 0 Å². The third kappa shape index (κ3) is 3.44. The Bertz CT molecular complexity index is 567. The van der Waals surface area contributed by atoms with Gasteiger partial charge >= 0.3 is 5.97 Å². The average molecular weight is 309 g/mol. The van der Waals surface area contributed by atoms with Crippen molar-refractivity contribution in [3.63, 3.8) is 0 Å². The maximum atomic E-state index is 13.7. The van der Waals surface area contributed by atoms with Gasteiger partial charge in [-0.25, -0.2) is 9.18 Å². The number of rotatable bonds is 4. The SMILES string of the molecule is CC(CC(=O)N1CCC(O)(C(=O)O)CC1)c1ccccc1F. The number of aliphatic hydroxyl groups is 1. The van der Waals surface area contributed by atoms with Crippen molar-refractivity contribution in [1.82, 2.24) is 4.90 Å². The molecule has 1 atom stereocenters. The molecule has 2 N–H and O–H groups in total. The highest BCUT2D eigenvalue weighted by Gasteiger charge is 2.40. The quantitative estimate of drug-likeness (QED) is 0.888. The molecular formula is C16H20FNO4. The second kappa shape index (κ2) is 6.44. The van der Waals surface area contributed by atoms with E-state index in [4.69, 9.17) is 5.11 Å². The van der Waals surface area contributed by atoms with Crippen LogP contribution in [0.4, 0.5) is 4.39 Å². The van der Waals surface area contributed by atoms with Crippen LogP contribution in [-0.4, -0.2) is 45.7 Å². The number of hydrogen-bond acceptors (Lipinski definition) is 3. The number of likely N-dealkylation sites (tertiary alicyclic amines) is 1. The first-order chi connectivity index (χ1) is 10.3. The van der Waals surface area contributed by atoms with Gasteiger partial charge in [0, 0.05) is 32.4 Å². The number of benzene rings is 1. The number of carboxylic acid groups (broad SMARTS) is 1. The Morgan fingerprint density at radius 1 is 1.32 bits per heavy atom. The summed E-state index contributed by atoms with van der Waals surface area (Å²) in [5.41, 5.74) is -1.25. The maximum absolute atomic E-state index is 13.7. The first-order valence-electron chi connectivity index (χ1n) is 7.31. The topological polar surface area (TPSA) is 77.8 Å². The maximum Gasteiger partial charge on any atom is 0.335 e. The number of aliphatic carboxylic acids is 1. The summed E-state index contributed by atoms with van der Waals surface area (Å²) in [6, 6.07) is 6.36. The molecule has 1 aromatic carbocycles. The lowest BCUT2D eigenvalue weighted by molar-refractivity contribution is -0.165. The summed E-state index contributed by atoms with van der Waals surface area (Å²) in [7, 11) is 0. The van der Waals surface area contributed by atoms with E-state index in [2.05, 4.69) is 0 Å². The van der Waals surface area contributed by atoms with Crippen LogP contribution in [0, 0.1) is 5.82 Å². The second-order valence-electron chi connectivity index (χ2n) is 5.84. The Morgan fingerprint density at radius 2 is 1.91 bits per heavy atom. The molecule has 0 aromatic heterocycles. The number of piperidine rings is 1. The van der Waals surface area contributed by atoms with Crippen LogP contribution < -0.4 is 0 Å². The zero-order valence-electron chi connectivity index (χ0n) is 12.5. The molecule has 0 saturated carbocycles. The largest absolute Gasteiger partial charge is 0.479 e. The molecule has 1 saturated heterocycles. The van der Waals surface area contributed by atoms with Crippen LogP contribution in [0.3, 0.4) is 0 Å². The van der Waals surface area contributed by atoms with E-state index < -0.39 is 11.6 Å². The number of carbonyl (C=O) groups excluding carboxylic acids is 1. The summed E-state index contributed by atoms with van der Waals surface area (Å²) in [6.07, 6.45) is 0.191. The van der Waals surface area contributed by atoms with Gasteiger partial charge in [-0.1, -0.05) is 25.1 Å². The number of amides is 1. The minimum absolute atomic E-state index is 0.0160. The number of carbonyl (C=O) groups is 2. The average Bonchev–Trinajstić information content (AvgIpc) is 2.48. The summed E-state index contributed by atoms with van der Waals surface area (Å²) in [5, 5.41) is 18.8. The molecule has 2 rings (SSSR count). The summed E-state index contributed by atoms with van der Waals surface area (Å²) in [5.74, 6) is -1.99. The number of halogens is 1. The molecule has 1 heterocycles. The van der Waals surface area contributed by atoms with Gasteiger partial charge in [-0.05, 0) is 17.5 Å². The first kappa shape index (κ1) is 16.4. The van der Waals surface area contributed by atoms with Crippen LogP contribution in [0.1, 0.15) is 37.7 Å². The molecule has 6 heteroatoms. The summed E-state index contributed by atoms with van der Waals surface area (Å²) in [6.45, 7) is 2.19. The summed E-state index contributed by atoms with van der Waals surface area (Å²) < 4.78 is 13.7. The van der Waals surface area contributed by atoms with Crippen LogP contribution in [0.15, 0.2) is 24.3 Å². The monoisotopic (exact) mass is 309 g/mol. The Hall–Kier alpha value is -1.95. The van der Waals surface area contributed by atoms with E-state index in [0.29, 0.717) is 5.56 Å². The minimum atomic E-state index is -1.74. The fourth-order valence-electron chi connectivity index (χ4n) is 2.72. The Morgan fingerprint density at radius 3 is 2.45 bits per heavy atom. The Balaban J connectivity index is 1.94. The Labute approximate surface area is 128 Å². The molecule has 0 spiro atoms. The molecule has 1 aliphatic rings. The molecule has 0 radical (unpaired) electrons. The molecule has 120 valence electrons. The smallest absolute Gasteiger partial charge is 0.335 e. The standard InChI is InChI=1S/C16H20FNO4/c1-11(12-4-2-3-5-13(12)17)10-14(19)18-8-6-16(22,7-9-18)15(20)21/h2-5,11,22H,6-10H2,1H3,(H,20,21). The van der Waals surface area contributed by atoms with E-state index in [1.165, 1.54) is 11.0 Å². The predicted octanol–water partition coefficient (Wildman–Crippen LogP) is 1.76. The molecular weight excluding hydrogens is 289 g/mol. The predicted molar refractivity (Wildman–Crippen MR) is 77.8 cm³/mol. The zero-order valence-corrected chi connectivity index (χ0v) is 12.5. The van der Waals surface area contributed by atoms with Crippen molar-refractivity contribution >= 4 is 11.9 Å². The third-order valence-corrected chi connectivity index (χ3v) is 4.26. The van der Waals surface area contributed by atoms with Crippen molar-refractivity contribution in [3.05, 3.63) is 35.6 Å². The van der Waals surface area contributed by atoms with Crippen molar-refractivity contribution < 1.29 is 24.2 Å². The van der Waals surface area contributed by atoms with Crippen molar-refractivity contribution in [2.45, 2.75) is 37.7 Å². The first-order valence-corrected chi connectivity index (χ1v) is 7.31. The third-order valence-electron chi connectivity index (χ3n) is 4.26. The molecule has 1 aromatic rings. The second-order valence-corrected chi connectivity index (χ2v) is 5.84. The fraction of sp³-hybridized carbons (Fsp3) is 0.500. The van der Waals surface area contributed by atoms with Crippen LogP contribution in [0.2, 0.25) is 0 Å². The summed E-state index contributed by atoms with van der Waals surface area (Å²) >= 11 is 0. The zero-order chi connectivity index (χ0) is 16.3. The van der Waals surface area contributed by atoms with Crippen LogP contribution in [-0.2, 0) is 9.59 Å².